The number of aliphatic hydroxyl groups excluding tert-OH is 1. The van der Waals surface area contributed by atoms with Crippen molar-refractivity contribution in [3.8, 4) is 17.2 Å². The highest BCUT2D eigenvalue weighted by atomic mass is 16.5. The molecule has 3 amide bonds. The largest absolute Gasteiger partial charge is 0.457 e. The number of fused-ring (bicyclic) bond motifs is 1. The lowest BCUT2D eigenvalue weighted by Gasteiger charge is -2.29. The number of para-hydroxylation sites is 1. The van der Waals surface area contributed by atoms with Gasteiger partial charge in [-0.2, -0.15) is 0 Å². The first-order valence-corrected chi connectivity index (χ1v) is 16.1. The fourth-order valence-corrected chi connectivity index (χ4v) is 5.89. The number of anilines is 2. The van der Waals surface area contributed by atoms with Crippen LogP contribution in [-0.2, 0) is 6.54 Å². The minimum Gasteiger partial charge on any atom is -0.457 e. The van der Waals surface area contributed by atoms with Crippen LogP contribution in [0.1, 0.15) is 48.2 Å². The van der Waals surface area contributed by atoms with Crippen LogP contribution in [0, 0.1) is 6.92 Å². The molecule has 6 rings (SSSR count). The smallest absolute Gasteiger partial charge is 0.319 e. The van der Waals surface area contributed by atoms with E-state index in [2.05, 4.69) is 49.8 Å². The van der Waals surface area contributed by atoms with Crippen LogP contribution in [0.25, 0.3) is 16.6 Å². The first-order chi connectivity index (χ1) is 22.7. The molecule has 2 heterocycles. The van der Waals surface area contributed by atoms with Crippen LogP contribution in [-0.4, -0.2) is 51.7 Å². The van der Waals surface area contributed by atoms with E-state index in [9.17, 15) is 14.7 Å². The van der Waals surface area contributed by atoms with E-state index in [0.717, 1.165) is 49.2 Å². The Morgan fingerprint density at radius 3 is 2.30 bits per heavy atom. The predicted octanol–water partition coefficient (Wildman–Crippen LogP) is 7.47. The van der Waals surface area contributed by atoms with Crippen molar-refractivity contribution in [1.29, 1.82) is 0 Å². The number of urea groups is 1. The van der Waals surface area contributed by atoms with E-state index in [-0.39, 0.29) is 24.1 Å². The second-order valence-electron chi connectivity index (χ2n) is 12.4. The average molecular weight is 632 g/mol. The molecule has 0 unspecified atom stereocenters. The summed E-state index contributed by atoms with van der Waals surface area (Å²) in [6.07, 6.45) is 3.63. The average Bonchev–Trinajstić information content (AvgIpc) is 3.42. The van der Waals surface area contributed by atoms with Gasteiger partial charge in [-0.25, -0.2) is 4.79 Å². The SMILES string of the molecule is Cc1cc(NC(=O)c2ccc(-n3cc(CN4CCC(O)CC4)c4ccccc43)cc2)ccc1Oc1ccc(NC(=O)NC(C)C)cc1. The number of aliphatic hydroxyl groups is 1. The third kappa shape index (κ3) is 7.82. The summed E-state index contributed by atoms with van der Waals surface area (Å²) in [5, 5.41) is 19.7. The lowest BCUT2D eigenvalue weighted by Crippen LogP contribution is -2.35. The van der Waals surface area contributed by atoms with Crippen LogP contribution in [0.15, 0.2) is 97.2 Å². The molecule has 1 aliphatic rings. The summed E-state index contributed by atoms with van der Waals surface area (Å²) in [6.45, 7) is 8.36. The Morgan fingerprint density at radius 2 is 1.60 bits per heavy atom. The number of likely N-dealkylation sites (tertiary alicyclic amines) is 1. The molecule has 4 aromatic carbocycles. The van der Waals surface area contributed by atoms with Crippen molar-refractivity contribution in [3.05, 3.63) is 114 Å². The van der Waals surface area contributed by atoms with Gasteiger partial charge in [-0.15, -0.1) is 0 Å². The Morgan fingerprint density at radius 1 is 0.894 bits per heavy atom. The van der Waals surface area contributed by atoms with E-state index >= 15 is 0 Å². The van der Waals surface area contributed by atoms with Gasteiger partial charge in [-0.05, 0) is 118 Å². The number of piperidine rings is 1. The number of amides is 3. The van der Waals surface area contributed by atoms with Crippen LogP contribution in [0.3, 0.4) is 0 Å². The Hall–Kier alpha value is -5.12. The maximum atomic E-state index is 13.2. The van der Waals surface area contributed by atoms with Crippen molar-refractivity contribution < 1.29 is 19.4 Å². The van der Waals surface area contributed by atoms with E-state index in [0.29, 0.717) is 28.4 Å². The van der Waals surface area contributed by atoms with Crippen LogP contribution < -0.4 is 20.7 Å². The van der Waals surface area contributed by atoms with Gasteiger partial charge in [-0.3, -0.25) is 9.69 Å². The van der Waals surface area contributed by atoms with Gasteiger partial charge in [0.2, 0.25) is 0 Å². The lowest BCUT2D eigenvalue weighted by atomic mass is 10.1. The number of hydrogen-bond acceptors (Lipinski definition) is 5. The van der Waals surface area contributed by atoms with E-state index < -0.39 is 0 Å². The standard InChI is InChI=1S/C38H41N5O4/c1-25(2)39-38(46)41-29-10-15-33(16-11-29)47-36-17-12-30(22-26(36)3)40-37(45)27-8-13-31(14-9-27)43-24-28(34-6-4-5-7-35(34)43)23-42-20-18-32(44)19-21-42/h4-17,22,24-25,32,44H,18-21,23H2,1-3H3,(H,40,45)(H2,39,41,46). The van der Waals surface area contributed by atoms with Gasteiger partial charge < -0.3 is 30.4 Å². The first-order valence-electron chi connectivity index (χ1n) is 16.1. The minimum absolute atomic E-state index is 0.0479. The van der Waals surface area contributed by atoms with Gasteiger partial charge >= 0.3 is 6.03 Å². The molecule has 242 valence electrons. The molecule has 0 spiro atoms. The number of carbonyl (C=O) groups excluding carboxylic acids is 2. The van der Waals surface area contributed by atoms with Crippen LogP contribution in [0.5, 0.6) is 11.5 Å². The third-order valence-corrected chi connectivity index (χ3v) is 8.35. The van der Waals surface area contributed by atoms with Gasteiger partial charge in [-0.1, -0.05) is 18.2 Å². The van der Waals surface area contributed by atoms with Gasteiger partial charge in [0, 0.05) is 59.9 Å². The molecule has 1 saturated heterocycles. The zero-order valence-electron chi connectivity index (χ0n) is 27.0. The highest BCUT2D eigenvalue weighted by Gasteiger charge is 2.19. The highest BCUT2D eigenvalue weighted by molar-refractivity contribution is 6.04. The molecule has 1 aromatic heterocycles. The molecule has 0 atom stereocenters. The number of rotatable bonds is 9. The van der Waals surface area contributed by atoms with E-state index in [4.69, 9.17) is 4.74 Å². The molecule has 0 bridgehead atoms. The molecule has 47 heavy (non-hydrogen) atoms. The zero-order chi connectivity index (χ0) is 32.9. The Kier molecular flexibility index (Phi) is 9.56. The van der Waals surface area contributed by atoms with Crippen molar-refractivity contribution in [2.45, 2.75) is 52.3 Å². The molecule has 9 nitrogen and oxygen atoms in total. The molecule has 0 radical (unpaired) electrons. The number of nitrogens with zero attached hydrogens (tertiary/aromatic N) is 2. The molecule has 5 aromatic rings. The maximum absolute atomic E-state index is 13.2. The summed E-state index contributed by atoms with van der Waals surface area (Å²) < 4.78 is 8.24. The minimum atomic E-state index is -0.256. The predicted molar refractivity (Wildman–Crippen MR) is 187 cm³/mol. The molecule has 0 aliphatic carbocycles. The Labute approximate surface area is 275 Å². The number of aromatic nitrogens is 1. The van der Waals surface area contributed by atoms with Gasteiger partial charge in [0.05, 0.1) is 11.6 Å². The number of carbonyl (C=O) groups is 2. The van der Waals surface area contributed by atoms with Crippen molar-refractivity contribution >= 4 is 34.2 Å². The van der Waals surface area contributed by atoms with Crippen molar-refractivity contribution in [3.63, 3.8) is 0 Å². The molecule has 9 heteroatoms. The van der Waals surface area contributed by atoms with Crippen LogP contribution in [0.2, 0.25) is 0 Å². The van der Waals surface area contributed by atoms with Crippen molar-refractivity contribution in [2.75, 3.05) is 23.7 Å². The molecular weight excluding hydrogens is 590 g/mol. The second-order valence-corrected chi connectivity index (χ2v) is 12.4. The summed E-state index contributed by atoms with van der Waals surface area (Å²) in [6, 6.07) is 28.5. The number of hydrogen-bond donors (Lipinski definition) is 4. The normalized spacial score (nSPS) is 13.9. The van der Waals surface area contributed by atoms with E-state index in [1.807, 2.05) is 69.3 Å². The summed E-state index contributed by atoms with van der Waals surface area (Å²) in [5.41, 5.74) is 6.13. The summed E-state index contributed by atoms with van der Waals surface area (Å²) in [5.74, 6) is 1.11. The fourth-order valence-electron chi connectivity index (χ4n) is 5.89. The molecule has 4 N–H and O–H groups in total. The molecular formula is C38H41N5O4. The highest BCUT2D eigenvalue weighted by Crippen LogP contribution is 2.30. The molecule has 1 fully saturated rings. The summed E-state index contributed by atoms with van der Waals surface area (Å²) >= 11 is 0. The topological polar surface area (TPSA) is 108 Å². The van der Waals surface area contributed by atoms with Gasteiger partial charge in [0.15, 0.2) is 0 Å². The first kappa shape index (κ1) is 31.8. The number of nitrogens with one attached hydrogen (secondary N) is 3. The maximum Gasteiger partial charge on any atom is 0.319 e. The summed E-state index contributed by atoms with van der Waals surface area (Å²) in [4.78, 5) is 27.5. The fraction of sp³-hybridized carbons (Fsp3) is 0.263. The summed E-state index contributed by atoms with van der Waals surface area (Å²) in [7, 11) is 0. The van der Waals surface area contributed by atoms with E-state index in [1.165, 1.54) is 10.9 Å². The second kappa shape index (κ2) is 14.1. The number of benzene rings is 4. The van der Waals surface area contributed by atoms with Crippen molar-refractivity contribution in [1.82, 2.24) is 14.8 Å². The molecule has 0 saturated carbocycles. The Bertz CT molecular complexity index is 1860. The van der Waals surface area contributed by atoms with Crippen molar-refractivity contribution in [2.24, 2.45) is 0 Å². The number of aryl methyl sites for hydroxylation is 1. The Balaban J connectivity index is 1.09. The van der Waals surface area contributed by atoms with Gasteiger partial charge in [0.1, 0.15) is 11.5 Å². The zero-order valence-corrected chi connectivity index (χ0v) is 27.0. The third-order valence-electron chi connectivity index (χ3n) is 8.35. The van der Waals surface area contributed by atoms with Crippen LogP contribution >= 0.6 is 0 Å². The van der Waals surface area contributed by atoms with Gasteiger partial charge in [0.25, 0.3) is 5.91 Å². The van der Waals surface area contributed by atoms with E-state index in [1.54, 1.807) is 24.3 Å². The molecule has 1 aliphatic heterocycles. The number of ether oxygens (including phenoxy) is 1. The lowest BCUT2D eigenvalue weighted by molar-refractivity contribution is 0.0794. The quantitative estimate of drug-likeness (QED) is 0.135. The monoisotopic (exact) mass is 631 g/mol. The van der Waals surface area contributed by atoms with Crippen LogP contribution in [0.4, 0.5) is 16.2 Å².